The Morgan fingerprint density at radius 1 is 1.30 bits per heavy atom. The van der Waals surface area contributed by atoms with Crippen LogP contribution < -0.4 is 5.32 Å². The van der Waals surface area contributed by atoms with E-state index in [4.69, 9.17) is 16.6 Å². The second-order valence-corrected chi connectivity index (χ2v) is 6.51. The molecule has 3 rings (SSSR count). The zero-order valence-corrected chi connectivity index (χ0v) is 12.9. The predicted octanol–water partition coefficient (Wildman–Crippen LogP) is 3.46. The highest BCUT2D eigenvalue weighted by Gasteiger charge is 2.33. The van der Waals surface area contributed by atoms with Crippen LogP contribution >= 0.6 is 11.6 Å². The van der Waals surface area contributed by atoms with E-state index in [-0.39, 0.29) is 6.04 Å². The van der Waals surface area contributed by atoms with Gasteiger partial charge in [-0.3, -0.25) is 4.99 Å². The van der Waals surface area contributed by atoms with Crippen LogP contribution in [0.1, 0.15) is 38.3 Å². The Morgan fingerprint density at radius 2 is 2.05 bits per heavy atom. The third-order valence-electron chi connectivity index (χ3n) is 4.38. The third-order valence-corrected chi connectivity index (χ3v) is 4.63. The van der Waals surface area contributed by atoms with Crippen LogP contribution in [0.5, 0.6) is 0 Å². The van der Waals surface area contributed by atoms with Crippen LogP contribution in [0.2, 0.25) is 5.02 Å². The van der Waals surface area contributed by atoms with Crippen molar-refractivity contribution in [3.8, 4) is 0 Å². The largest absolute Gasteiger partial charge is 0.350 e. The maximum absolute atomic E-state index is 5.94. The molecule has 1 fully saturated rings. The average molecular weight is 292 g/mol. The Morgan fingerprint density at radius 3 is 2.80 bits per heavy atom. The van der Waals surface area contributed by atoms with Gasteiger partial charge in [-0.15, -0.1) is 0 Å². The van der Waals surface area contributed by atoms with E-state index in [0.29, 0.717) is 6.04 Å². The van der Waals surface area contributed by atoms with Crippen LogP contribution in [0, 0.1) is 5.92 Å². The number of fused-ring (bicyclic) bond motifs is 1. The van der Waals surface area contributed by atoms with E-state index in [0.717, 1.165) is 30.0 Å². The van der Waals surface area contributed by atoms with Crippen molar-refractivity contribution in [1.29, 1.82) is 0 Å². The molecule has 0 aromatic heterocycles. The molecule has 0 spiro atoms. The number of halogens is 1. The molecule has 3 nitrogen and oxygen atoms in total. The van der Waals surface area contributed by atoms with Crippen molar-refractivity contribution in [2.75, 3.05) is 13.1 Å². The molecule has 2 heterocycles. The molecule has 0 radical (unpaired) electrons. The van der Waals surface area contributed by atoms with E-state index in [1.807, 2.05) is 12.1 Å². The molecular weight excluding hydrogens is 270 g/mol. The zero-order valence-electron chi connectivity index (χ0n) is 12.1. The van der Waals surface area contributed by atoms with Crippen LogP contribution in [-0.2, 0) is 0 Å². The van der Waals surface area contributed by atoms with Gasteiger partial charge in [-0.25, -0.2) is 0 Å². The Labute approximate surface area is 126 Å². The highest BCUT2D eigenvalue weighted by Crippen LogP contribution is 2.26. The second kappa shape index (κ2) is 5.65. The number of aliphatic imine (C=N–C) groups is 1. The summed E-state index contributed by atoms with van der Waals surface area (Å²) in [6, 6.07) is 8.90. The molecule has 108 valence electrons. The first kappa shape index (κ1) is 13.7. The highest BCUT2D eigenvalue weighted by molar-refractivity contribution is 6.30. The van der Waals surface area contributed by atoms with Gasteiger partial charge >= 0.3 is 0 Å². The molecule has 0 bridgehead atoms. The summed E-state index contributed by atoms with van der Waals surface area (Å²) < 4.78 is 0. The van der Waals surface area contributed by atoms with Crippen LogP contribution in [0.3, 0.4) is 0 Å². The van der Waals surface area contributed by atoms with Crippen molar-refractivity contribution in [2.24, 2.45) is 10.9 Å². The summed E-state index contributed by atoms with van der Waals surface area (Å²) >= 11 is 5.94. The van der Waals surface area contributed by atoms with Gasteiger partial charge in [0.2, 0.25) is 0 Å². The quantitative estimate of drug-likeness (QED) is 0.904. The van der Waals surface area contributed by atoms with Crippen LogP contribution in [-0.4, -0.2) is 30.0 Å². The average Bonchev–Trinajstić information content (AvgIpc) is 2.82. The molecule has 0 amide bonds. The van der Waals surface area contributed by atoms with E-state index in [1.165, 1.54) is 18.4 Å². The van der Waals surface area contributed by atoms with Crippen molar-refractivity contribution in [3.63, 3.8) is 0 Å². The van der Waals surface area contributed by atoms with E-state index >= 15 is 0 Å². The Bertz CT molecular complexity index is 497. The number of guanidine groups is 1. The molecule has 1 aromatic carbocycles. The minimum Gasteiger partial charge on any atom is -0.350 e. The summed E-state index contributed by atoms with van der Waals surface area (Å²) in [7, 11) is 0. The molecule has 2 aliphatic heterocycles. The SMILES string of the molecule is CC1CCC2CN=C(NC(C)c3ccc(Cl)cc3)N2C1. The summed E-state index contributed by atoms with van der Waals surface area (Å²) in [6.07, 6.45) is 2.60. The third kappa shape index (κ3) is 2.78. The first-order valence-electron chi connectivity index (χ1n) is 7.46. The normalized spacial score (nSPS) is 26.9. The van der Waals surface area contributed by atoms with Gasteiger partial charge in [0.25, 0.3) is 0 Å². The maximum Gasteiger partial charge on any atom is 0.194 e. The van der Waals surface area contributed by atoms with Gasteiger partial charge in [-0.1, -0.05) is 30.7 Å². The predicted molar refractivity (Wildman–Crippen MR) is 84.2 cm³/mol. The van der Waals surface area contributed by atoms with Crippen molar-refractivity contribution < 1.29 is 0 Å². The van der Waals surface area contributed by atoms with E-state index in [9.17, 15) is 0 Å². The van der Waals surface area contributed by atoms with Gasteiger partial charge in [-0.05, 0) is 43.4 Å². The lowest BCUT2D eigenvalue weighted by Gasteiger charge is -2.36. The Balaban J connectivity index is 1.67. The summed E-state index contributed by atoms with van der Waals surface area (Å²) in [4.78, 5) is 7.16. The van der Waals surface area contributed by atoms with Gasteiger partial charge in [0.15, 0.2) is 5.96 Å². The number of piperidine rings is 1. The van der Waals surface area contributed by atoms with Crippen molar-refractivity contribution in [3.05, 3.63) is 34.9 Å². The van der Waals surface area contributed by atoms with Gasteiger partial charge < -0.3 is 10.2 Å². The number of hydrogen-bond acceptors (Lipinski definition) is 3. The topological polar surface area (TPSA) is 27.6 Å². The van der Waals surface area contributed by atoms with Crippen LogP contribution in [0.4, 0.5) is 0 Å². The number of benzene rings is 1. The molecular formula is C16H22ClN3. The summed E-state index contributed by atoms with van der Waals surface area (Å²) in [5.41, 5.74) is 1.24. The molecule has 1 aromatic rings. The number of nitrogens with zero attached hydrogens (tertiary/aromatic N) is 2. The fourth-order valence-electron chi connectivity index (χ4n) is 3.10. The van der Waals surface area contributed by atoms with E-state index in [2.05, 4.69) is 36.2 Å². The summed E-state index contributed by atoms with van der Waals surface area (Å²) in [6.45, 7) is 6.58. The monoisotopic (exact) mass is 291 g/mol. The minimum absolute atomic E-state index is 0.252. The summed E-state index contributed by atoms with van der Waals surface area (Å²) in [5.74, 6) is 1.84. The lowest BCUT2D eigenvalue weighted by Crippen LogP contribution is -2.48. The molecule has 4 heteroatoms. The van der Waals surface area contributed by atoms with Crippen LogP contribution in [0.25, 0.3) is 0 Å². The maximum atomic E-state index is 5.94. The molecule has 0 saturated carbocycles. The second-order valence-electron chi connectivity index (χ2n) is 6.07. The first-order valence-corrected chi connectivity index (χ1v) is 7.84. The van der Waals surface area contributed by atoms with E-state index in [1.54, 1.807) is 0 Å². The number of rotatable bonds is 2. The van der Waals surface area contributed by atoms with E-state index < -0.39 is 0 Å². The lowest BCUT2D eigenvalue weighted by atomic mass is 9.95. The van der Waals surface area contributed by atoms with Gasteiger partial charge in [0, 0.05) is 11.6 Å². The minimum atomic E-state index is 0.252. The van der Waals surface area contributed by atoms with Crippen molar-refractivity contribution in [2.45, 2.75) is 38.8 Å². The van der Waals surface area contributed by atoms with Crippen LogP contribution in [0.15, 0.2) is 29.3 Å². The number of nitrogens with one attached hydrogen (secondary N) is 1. The fraction of sp³-hybridized carbons (Fsp3) is 0.562. The van der Waals surface area contributed by atoms with Gasteiger partial charge in [0.1, 0.15) is 0 Å². The first-order chi connectivity index (χ1) is 9.63. The molecule has 3 atom stereocenters. The van der Waals surface area contributed by atoms with Crippen molar-refractivity contribution in [1.82, 2.24) is 10.2 Å². The standard InChI is InChI=1S/C16H22ClN3/c1-11-3-8-15-9-18-16(20(15)10-11)19-12(2)13-4-6-14(17)7-5-13/h4-7,11-12,15H,3,8-10H2,1-2H3,(H,18,19). The molecule has 3 unspecified atom stereocenters. The molecule has 0 aliphatic carbocycles. The van der Waals surface area contributed by atoms with Gasteiger partial charge in [0.05, 0.1) is 18.6 Å². The molecule has 2 aliphatic rings. The summed E-state index contributed by atoms with van der Waals surface area (Å²) in [5, 5.41) is 4.35. The Hall–Kier alpha value is -1.22. The zero-order chi connectivity index (χ0) is 14.1. The Kier molecular flexibility index (Phi) is 3.88. The molecule has 1 N–H and O–H groups in total. The van der Waals surface area contributed by atoms with Crippen molar-refractivity contribution >= 4 is 17.6 Å². The fourth-order valence-corrected chi connectivity index (χ4v) is 3.22. The highest BCUT2D eigenvalue weighted by atomic mass is 35.5. The smallest absolute Gasteiger partial charge is 0.194 e. The van der Waals surface area contributed by atoms with Gasteiger partial charge in [-0.2, -0.15) is 0 Å². The lowest BCUT2D eigenvalue weighted by molar-refractivity contribution is 0.210. The number of hydrogen-bond donors (Lipinski definition) is 1. The molecule has 20 heavy (non-hydrogen) atoms. The molecule has 1 saturated heterocycles.